The van der Waals surface area contributed by atoms with Crippen molar-refractivity contribution in [1.82, 2.24) is 0 Å². The molecule has 3 unspecified atom stereocenters. The summed E-state index contributed by atoms with van der Waals surface area (Å²) < 4.78 is 12.6. The zero-order valence-electron chi connectivity index (χ0n) is 10.1. The molecule has 18 heavy (non-hydrogen) atoms. The molecule has 0 spiro atoms. The van der Waals surface area contributed by atoms with Crippen LogP contribution in [-0.2, 0) is 10.8 Å². The van der Waals surface area contributed by atoms with Crippen LogP contribution in [0.1, 0.15) is 32.1 Å². The van der Waals surface area contributed by atoms with E-state index in [0.29, 0.717) is 5.02 Å². The average Bonchev–Trinajstić information content (AvgIpc) is 2.62. The largest absolute Gasteiger partial charge is 0.254 e. The Kier molecular flexibility index (Phi) is 4.79. The maximum atomic E-state index is 12.6. The molecular weight excluding hydrogens is 266 g/mol. The van der Waals surface area contributed by atoms with E-state index in [4.69, 9.17) is 11.6 Å². The quantitative estimate of drug-likeness (QED) is 0.771. The SMILES string of the molecule is N#CC1CCCCCC1S(=O)c1cccc(Cl)c1. The second-order valence-corrected chi connectivity index (χ2v) is 6.77. The van der Waals surface area contributed by atoms with Gasteiger partial charge in [-0.1, -0.05) is 36.9 Å². The molecule has 0 N–H and O–H groups in total. The molecule has 0 aromatic heterocycles. The van der Waals surface area contributed by atoms with Crippen LogP contribution in [0, 0.1) is 17.2 Å². The van der Waals surface area contributed by atoms with Crippen molar-refractivity contribution in [3.8, 4) is 6.07 Å². The lowest BCUT2D eigenvalue weighted by Gasteiger charge is -2.18. The van der Waals surface area contributed by atoms with Crippen molar-refractivity contribution in [2.24, 2.45) is 5.92 Å². The van der Waals surface area contributed by atoms with Gasteiger partial charge >= 0.3 is 0 Å². The maximum Gasteiger partial charge on any atom is 0.0668 e. The van der Waals surface area contributed by atoms with Gasteiger partial charge in [0.25, 0.3) is 0 Å². The molecule has 4 heteroatoms. The van der Waals surface area contributed by atoms with Gasteiger partial charge in [-0.25, -0.2) is 0 Å². The van der Waals surface area contributed by atoms with Gasteiger partial charge in [0.15, 0.2) is 0 Å². The summed E-state index contributed by atoms with van der Waals surface area (Å²) in [6.07, 6.45) is 5.02. The van der Waals surface area contributed by atoms with Crippen molar-refractivity contribution in [1.29, 1.82) is 5.26 Å². The fraction of sp³-hybridized carbons (Fsp3) is 0.500. The minimum atomic E-state index is -1.13. The molecule has 0 heterocycles. The molecular formula is C14H16ClNOS. The Bertz CT molecular complexity index is 483. The highest BCUT2D eigenvalue weighted by atomic mass is 35.5. The molecule has 96 valence electrons. The topological polar surface area (TPSA) is 40.9 Å². The predicted molar refractivity (Wildman–Crippen MR) is 73.8 cm³/mol. The Hall–Kier alpha value is -0.850. The van der Waals surface area contributed by atoms with Crippen molar-refractivity contribution in [3.05, 3.63) is 29.3 Å². The van der Waals surface area contributed by atoms with Gasteiger partial charge in [0.05, 0.1) is 28.0 Å². The summed E-state index contributed by atoms with van der Waals surface area (Å²) in [5.74, 6) is -0.0904. The minimum absolute atomic E-state index is 0.0454. The van der Waals surface area contributed by atoms with Crippen LogP contribution in [0.2, 0.25) is 5.02 Å². The Labute approximate surface area is 115 Å². The van der Waals surface area contributed by atoms with Gasteiger partial charge in [0.2, 0.25) is 0 Å². The standard InChI is InChI=1S/C14H16ClNOS/c15-12-6-4-7-13(9-12)18(17)14-8-3-1-2-5-11(14)10-16/h4,6-7,9,11,14H,1-3,5,8H2. The second-order valence-electron chi connectivity index (χ2n) is 4.67. The van der Waals surface area contributed by atoms with Crippen LogP contribution in [0.3, 0.4) is 0 Å². The summed E-state index contributed by atoms with van der Waals surface area (Å²) in [5, 5.41) is 9.78. The Balaban J connectivity index is 2.23. The van der Waals surface area contributed by atoms with Crippen LogP contribution >= 0.6 is 11.6 Å². The summed E-state index contributed by atoms with van der Waals surface area (Å²) in [7, 11) is -1.13. The van der Waals surface area contributed by atoms with E-state index >= 15 is 0 Å². The maximum absolute atomic E-state index is 12.6. The van der Waals surface area contributed by atoms with Gasteiger partial charge in [-0.15, -0.1) is 0 Å². The molecule has 1 aliphatic rings. The molecule has 3 atom stereocenters. The number of nitriles is 1. The summed E-state index contributed by atoms with van der Waals surface area (Å²) in [4.78, 5) is 0.745. The van der Waals surface area contributed by atoms with E-state index in [2.05, 4.69) is 6.07 Å². The van der Waals surface area contributed by atoms with Crippen molar-refractivity contribution < 1.29 is 4.21 Å². The van der Waals surface area contributed by atoms with Crippen LogP contribution in [0.25, 0.3) is 0 Å². The Morgan fingerprint density at radius 1 is 1.28 bits per heavy atom. The van der Waals surface area contributed by atoms with E-state index in [0.717, 1.165) is 37.0 Å². The molecule has 1 aromatic carbocycles. The molecule has 1 aliphatic carbocycles. The first kappa shape index (κ1) is 13.6. The molecule has 2 nitrogen and oxygen atoms in total. The molecule has 1 fully saturated rings. The van der Waals surface area contributed by atoms with Crippen molar-refractivity contribution in [2.45, 2.75) is 42.2 Å². The normalized spacial score (nSPS) is 26.0. The monoisotopic (exact) mass is 281 g/mol. The molecule has 0 radical (unpaired) electrons. The first-order chi connectivity index (χ1) is 8.72. The zero-order chi connectivity index (χ0) is 13.0. The number of halogens is 1. The van der Waals surface area contributed by atoms with Gasteiger partial charge < -0.3 is 0 Å². The summed E-state index contributed by atoms with van der Waals surface area (Å²) in [6.45, 7) is 0. The van der Waals surface area contributed by atoms with E-state index in [1.54, 1.807) is 12.1 Å². The van der Waals surface area contributed by atoms with Crippen molar-refractivity contribution in [3.63, 3.8) is 0 Å². The summed E-state index contributed by atoms with van der Waals surface area (Å²) in [6, 6.07) is 9.50. The van der Waals surface area contributed by atoms with Crippen LogP contribution in [0.4, 0.5) is 0 Å². The van der Waals surface area contributed by atoms with Crippen LogP contribution < -0.4 is 0 Å². The summed E-state index contributed by atoms with van der Waals surface area (Å²) >= 11 is 5.93. The van der Waals surface area contributed by atoms with E-state index in [-0.39, 0.29) is 11.2 Å². The van der Waals surface area contributed by atoms with E-state index < -0.39 is 10.8 Å². The fourth-order valence-corrected chi connectivity index (χ4v) is 4.38. The lowest BCUT2D eigenvalue weighted by molar-refractivity contribution is 0.564. The lowest BCUT2D eigenvalue weighted by atomic mass is 10.0. The Morgan fingerprint density at radius 2 is 2.06 bits per heavy atom. The average molecular weight is 282 g/mol. The molecule has 1 aromatic rings. The van der Waals surface area contributed by atoms with Crippen LogP contribution in [-0.4, -0.2) is 9.46 Å². The molecule has 1 saturated carbocycles. The first-order valence-corrected chi connectivity index (χ1v) is 7.87. The second kappa shape index (κ2) is 6.36. The number of benzene rings is 1. The van der Waals surface area contributed by atoms with Crippen LogP contribution in [0.5, 0.6) is 0 Å². The smallest absolute Gasteiger partial charge is 0.0668 e. The van der Waals surface area contributed by atoms with Gasteiger partial charge in [-0.05, 0) is 31.0 Å². The van der Waals surface area contributed by atoms with Gasteiger partial charge in [-0.3, -0.25) is 4.21 Å². The van der Waals surface area contributed by atoms with Gasteiger partial charge in [0.1, 0.15) is 0 Å². The predicted octanol–water partition coefficient (Wildman–Crippen LogP) is 3.92. The highest BCUT2D eigenvalue weighted by Crippen LogP contribution is 2.30. The zero-order valence-corrected chi connectivity index (χ0v) is 11.7. The molecule has 0 saturated heterocycles. The minimum Gasteiger partial charge on any atom is -0.254 e. The molecule has 2 rings (SSSR count). The summed E-state index contributed by atoms with van der Waals surface area (Å²) in [5.41, 5.74) is 0. The number of hydrogen-bond acceptors (Lipinski definition) is 2. The van der Waals surface area contributed by atoms with E-state index in [9.17, 15) is 9.47 Å². The molecule has 0 bridgehead atoms. The highest BCUT2D eigenvalue weighted by molar-refractivity contribution is 7.85. The van der Waals surface area contributed by atoms with Gasteiger partial charge in [0, 0.05) is 9.92 Å². The number of hydrogen-bond donors (Lipinski definition) is 0. The number of rotatable bonds is 2. The third-order valence-corrected chi connectivity index (χ3v) is 5.49. The first-order valence-electron chi connectivity index (χ1n) is 6.28. The van der Waals surface area contributed by atoms with E-state index in [1.165, 1.54) is 0 Å². The highest BCUT2D eigenvalue weighted by Gasteiger charge is 2.29. The third kappa shape index (κ3) is 3.13. The lowest BCUT2D eigenvalue weighted by Crippen LogP contribution is -2.23. The van der Waals surface area contributed by atoms with Crippen LogP contribution in [0.15, 0.2) is 29.2 Å². The molecule has 0 amide bonds. The van der Waals surface area contributed by atoms with Gasteiger partial charge in [-0.2, -0.15) is 5.26 Å². The van der Waals surface area contributed by atoms with E-state index in [1.807, 2.05) is 12.1 Å². The number of nitrogens with zero attached hydrogens (tertiary/aromatic N) is 1. The fourth-order valence-electron chi connectivity index (χ4n) is 2.44. The molecule has 0 aliphatic heterocycles. The van der Waals surface area contributed by atoms with Crippen molar-refractivity contribution in [2.75, 3.05) is 0 Å². The third-order valence-electron chi connectivity index (χ3n) is 3.42. The Morgan fingerprint density at radius 3 is 2.78 bits per heavy atom. The van der Waals surface area contributed by atoms with Crippen molar-refractivity contribution >= 4 is 22.4 Å².